The highest BCUT2D eigenvalue weighted by Gasteiger charge is 2.39. The minimum absolute atomic E-state index is 0.183. The Morgan fingerprint density at radius 1 is 0.508 bits per heavy atom. The second-order valence-corrected chi connectivity index (χ2v) is 15.9. The first-order chi connectivity index (χ1) is 31.2. The Bertz CT molecular complexity index is 3670. The van der Waals surface area contributed by atoms with Crippen molar-refractivity contribution >= 4 is 49.4 Å². The molecule has 1 aliphatic heterocycles. The van der Waals surface area contributed by atoms with Crippen molar-refractivity contribution in [2.45, 2.75) is 12.0 Å². The number of para-hydroxylation sites is 3. The lowest BCUT2D eigenvalue weighted by Gasteiger charge is -2.22. The summed E-state index contributed by atoms with van der Waals surface area (Å²) in [5.74, 6) is 3.01. The van der Waals surface area contributed by atoms with E-state index in [2.05, 4.69) is 108 Å². The molecule has 0 radical (unpaired) electrons. The number of hydrogen-bond acceptors (Lipinski definition) is 7. The molecule has 0 fully saturated rings. The van der Waals surface area contributed by atoms with Gasteiger partial charge in [0, 0.05) is 55.2 Å². The van der Waals surface area contributed by atoms with Crippen molar-refractivity contribution in [2.75, 3.05) is 0 Å². The van der Waals surface area contributed by atoms with Crippen molar-refractivity contribution in [1.82, 2.24) is 29.5 Å². The van der Waals surface area contributed by atoms with E-state index in [1.807, 2.05) is 91.0 Å². The second kappa shape index (κ2) is 14.0. The fourth-order valence-electron chi connectivity index (χ4n) is 9.42. The van der Waals surface area contributed by atoms with Crippen LogP contribution < -0.4 is 4.74 Å². The predicted octanol–water partition coefficient (Wildman–Crippen LogP) is 12.8. The lowest BCUT2D eigenvalue weighted by Crippen LogP contribution is -2.20. The standard InChI is InChI=1S/C55H34N6O2/c1-4-16-33(17-5-1)49-51-50(38-23-11-13-28-44(38)63-51)57-54(56-49)40-25-15-29-46-48(40)41-32-35(30-31-45(41)62-46)53-58-52(34-18-6-2-7-19-34)59-55(60-53)39-24-14-27-43-47(39)37-22-10-12-26-42(37)61(43)36-20-8-3-9-21-36/h1-32,46,48H. The molecule has 7 aromatic carbocycles. The molecule has 0 saturated heterocycles. The van der Waals surface area contributed by atoms with Crippen molar-refractivity contribution < 1.29 is 9.15 Å². The maximum atomic E-state index is 6.67. The first kappa shape index (κ1) is 35.3. The zero-order chi connectivity index (χ0) is 41.4. The molecule has 1 aliphatic carbocycles. The Morgan fingerprint density at radius 2 is 1.19 bits per heavy atom. The van der Waals surface area contributed by atoms with Crippen LogP contribution in [0.1, 0.15) is 17.3 Å². The highest BCUT2D eigenvalue weighted by Crippen LogP contribution is 2.49. The van der Waals surface area contributed by atoms with Crippen LogP contribution in [0.15, 0.2) is 199 Å². The van der Waals surface area contributed by atoms with E-state index in [1.165, 1.54) is 0 Å². The highest BCUT2D eigenvalue weighted by molar-refractivity contribution is 6.15. The summed E-state index contributed by atoms with van der Waals surface area (Å²) in [5.41, 5.74) is 11.9. The van der Waals surface area contributed by atoms with Crippen LogP contribution in [0.3, 0.4) is 0 Å². The Hall–Kier alpha value is -8.49. The molecule has 4 aromatic heterocycles. The molecule has 0 N–H and O–H groups in total. The summed E-state index contributed by atoms with van der Waals surface area (Å²) in [6.07, 6.45) is 6.03. The minimum Gasteiger partial charge on any atom is -0.485 e. The van der Waals surface area contributed by atoms with E-state index in [1.54, 1.807) is 0 Å². The number of nitrogens with zero attached hydrogens (tertiary/aromatic N) is 6. The molecule has 296 valence electrons. The van der Waals surface area contributed by atoms with E-state index in [9.17, 15) is 0 Å². The lowest BCUT2D eigenvalue weighted by atomic mass is 9.83. The van der Waals surface area contributed by atoms with Crippen LogP contribution in [-0.4, -0.2) is 35.6 Å². The first-order valence-electron chi connectivity index (χ1n) is 21.1. The molecule has 0 spiro atoms. The second-order valence-electron chi connectivity index (χ2n) is 15.9. The Kier molecular flexibility index (Phi) is 7.86. The van der Waals surface area contributed by atoms with E-state index < -0.39 is 0 Å². The smallest absolute Gasteiger partial charge is 0.180 e. The van der Waals surface area contributed by atoms with Crippen LogP contribution >= 0.6 is 0 Å². The largest absolute Gasteiger partial charge is 0.485 e. The van der Waals surface area contributed by atoms with Crippen molar-refractivity contribution in [3.63, 3.8) is 0 Å². The third-order valence-electron chi connectivity index (χ3n) is 12.3. The quantitative estimate of drug-likeness (QED) is 0.165. The van der Waals surface area contributed by atoms with Crippen molar-refractivity contribution in [3.05, 3.63) is 206 Å². The van der Waals surface area contributed by atoms with Gasteiger partial charge in [-0.1, -0.05) is 133 Å². The van der Waals surface area contributed by atoms with Crippen LogP contribution in [0.2, 0.25) is 0 Å². The molecule has 8 heteroatoms. The maximum Gasteiger partial charge on any atom is 0.180 e. The van der Waals surface area contributed by atoms with E-state index in [4.69, 9.17) is 34.1 Å². The zero-order valence-electron chi connectivity index (χ0n) is 33.6. The maximum absolute atomic E-state index is 6.67. The molecule has 0 bridgehead atoms. The van der Waals surface area contributed by atoms with E-state index >= 15 is 0 Å². The number of fused-ring (bicyclic) bond motifs is 9. The SMILES string of the molecule is C1=CC2Oc3ccc(-c4nc(-c5ccccc5)nc(-c5cccc6c5c5ccccc5n6-c5ccccc5)n4)cc3C2C(c2nc(-c3ccccc3)c3oc4ccccc4c3n2)=C1. The number of rotatable bonds is 6. The number of allylic oxidation sites excluding steroid dienone is 2. The molecule has 2 aliphatic rings. The van der Waals surface area contributed by atoms with Crippen LogP contribution in [0.5, 0.6) is 5.75 Å². The normalized spacial score (nSPS) is 15.5. The summed E-state index contributed by atoms with van der Waals surface area (Å²) < 4.78 is 15.4. The third kappa shape index (κ3) is 5.65. The molecule has 2 unspecified atom stereocenters. The molecule has 0 saturated carbocycles. The van der Waals surface area contributed by atoms with Gasteiger partial charge >= 0.3 is 0 Å². The summed E-state index contributed by atoms with van der Waals surface area (Å²) >= 11 is 0. The monoisotopic (exact) mass is 810 g/mol. The number of benzene rings is 7. The molecule has 5 heterocycles. The third-order valence-corrected chi connectivity index (χ3v) is 12.3. The average Bonchev–Trinajstić information content (AvgIpc) is 4.04. The molecular formula is C55H34N6O2. The van der Waals surface area contributed by atoms with Crippen LogP contribution in [-0.2, 0) is 0 Å². The fraction of sp³-hybridized carbons (Fsp3) is 0.0364. The summed E-state index contributed by atoms with van der Waals surface area (Å²) in [4.78, 5) is 26.2. The minimum atomic E-state index is -0.246. The van der Waals surface area contributed by atoms with E-state index in [0.29, 0.717) is 28.9 Å². The van der Waals surface area contributed by atoms with Gasteiger partial charge < -0.3 is 13.7 Å². The summed E-state index contributed by atoms with van der Waals surface area (Å²) in [5, 5.41) is 3.15. The van der Waals surface area contributed by atoms with Gasteiger partial charge in [0.05, 0.1) is 17.0 Å². The molecule has 63 heavy (non-hydrogen) atoms. The number of ether oxygens (including phenoxy) is 1. The number of aromatic nitrogens is 6. The van der Waals surface area contributed by atoms with Crippen molar-refractivity contribution in [1.29, 1.82) is 0 Å². The Balaban J connectivity index is 0.978. The Morgan fingerprint density at radius 3 is 2.02 bits per heavy atom. The van der Waals surface area contributed by atoms with Gasteiger partial charge in [-0.25, -0.2) is 24.9 Å². The predicted molar refractivity (Wildman–Crippen MR) is 249 cm³/mol. The van der Waals surface area contributed by atoms with Gasteiger partial charge in [0.25, 0.3) is 0 Å². The first-order valence-corrected chi connectivity index (χ1v) is 21.1. The van der Waals surface area contributed by atoms with Gasteiger partial charge in [0.1, 0.15) is 28.6 Å². The fourth-order valence-corrected chi connectivity index (χ4v) is 9.42. The topological polar surface area (TPSA) is 91.8 Å². The van der Waals surface area contributed by atoms with Gasteiger partial charge in [-0.3, -0.25) is 0 Å². The summed E-state index contributed by atoms with van der Waals surface area (Å²) in [6.45, 7) is 0. The van der Waals surface area contributed by atoms with Gasteiger partial charge in [-0.15, -0.1) is 0 Å². The van der Waals surface area contributed by atoms with Gasteiger partial charge in [0.2, 0.25) is 0 Å². The average molecular weight is 811 g/mol. The summed E-state index contributed by atoms with van der Waals surface area (Å²) in [6, 6.07) is 60.0. The number of furan rings is 1. The molecule has 13 rings (SSSR count). The lowest BCUT2D eigenvalue weighted by molar-refractivity contribution is 0.271. The molecule has 0 amide bonds. The van der Waals surface area contributed by atoms with Crippen molar-refractivity contribution in [3.8, 4) is 56.9 Å². The molecule has 8 nitrogen and oxygen atoms in total. The summed E-state index contributed by atoms with van der Waals surface area (Å²) in [7, 11) is 0. The number of hydrogen-bond donors (Lipinski definition) is 0. The van der Waals surface area contributed by atoms with Crippen molar-refractivity contribution in [2.24, 2.45) is 0 Å². The van der Waals surface area contributed by atoms with Crippen LogP contribution in [0.25, 0.3) is 101 Å². The van der Waals surface area contributed by atoms with E-state index in [0.717, 1.165) is 88.8 Å². The van der Waals surface area contributed by atoms with Gasteiger partial charge in [-0.05, 0) is 60.7 Å². The van der Waals surface area contributed by atoms with Gasteiger partial charge in [-0.2, -0.15) is 0 Å². The molecule has 11 aromatic rings. The van der Waals surface area contributed by atoms with E-state index in [-0.39, 0.29) is 12.0 Å². The van der Waals surface area contributed by atoms with Crippen LogP contribution in [0, 0.1) is 0 Å². The van der Waals surface area contributed by atoms with Crippen LogP contribution in [0.4, 0.5) is 0 Å². The molecular weight excluding hydrogens is 777 g/mol. The van der Waals surface area contributed by atoms with Gasteiger partial charge in [0.15, 0.2) is 28.9 Å². The highest BCUT2D eigenvalue weighted by atomic mass is 16.5. The Labute approximate surface area is 361 Å². The zero-order valence-corrected chi connectivity index (χ0v) is 33.6. The molecule has 2 atom stereocenters.